The highest BCUT2D eigenvalue weighted by Gasteiger charge is 2.01. The number of fused-ring (bicyclic) bond motifs is 1. The van der Waals surface area contributed by atoms with E-state index in [1.54, 1.807) is 18.2 Å². The van der Waals surface area contributed by atoms with Gasteiger partial charge in [-0.15, -0.1) is 0 Å². The zero-order valence-corrected chi connectivity index (χ0v) is 7.70. The molecule has 0 atom stereocenters. The Morgan fingerprint density at radius 1 is 1.31 bits per heavy atom. The predicted molar refractivity (Wildman–Crippen MR) is 53.9 cm³/mol. The summed E-state index contributed by atoms with van der Waals surface area (Å²) in [5.74, 6) is 0.792. The van der Waals surface area contributed by atoms with E-state index in [1.807, 2.05) is 0 Å². The molecule has 0 fully saturated rings. The summed E-state index contributed by atoms with van der Waals surface area (Å²) in [6.07, 6.45) is 1.48. The molecule has 1 aromatic carbocycles. The summed E-state index contributed by atoms with van der Waals surface area (Å²) in [5.41, 5.74) is 1.63. The van der Waals surface area contributed by atoms with E-state index in [-0.39, 0.29) is 5.75 Å². The molecule has 3 nitrogen and oxygen atoms in total. The second-order valence-corrected chi connectivity index (χ2v) is 3.00. The molecule has 0 radical (unpaired) electrons. The zero-order chi connectivity index (χ0) is 9.26. The lowest BCUT2D eigenvalue weighted by Gasteiger charge is -2.01. The quantitative estimate of drug-likeness (QED) is 0.677. The Morgan fingerprint density at radius 2 is 2.15 bits per heavy atom. The number of aromatic hydroxyl groups is 1. The molecular formula is C9H8N2OS. The Morgan fingerprint density at radius 3 is 2.92 bits per heavy atom. The average molecular weight is 192 g/mol. The molecule has 0 saturated carbocycles. The molecule has 4 heteroatoms. The fourth-order valence-electron chi connectivity index (χ4n) is 1.23. The van der Waals surface area contributed by atoms with Crippen molar-refractivity contribution in [3.63, 3.8) is 0 Å². The number of hydrogen-bond acceptors (Lipinski definition) is 4. The first kappa shape index (κ1) is 8.31. The summed E-state index contributed by atoms with van der Waals surface area (Å²) < 4.78 is 0. The summed E-state index contributed by atoms with van der Waals surface area (Å²) in [7, 11) is 0. The number of aromatic nitrogens is 2. The van der Waals surface area contributed by atoms with E-state index in [1.165, 1.54) is 6.33 Å². The van der Waals surface area contributed by atoms with Crippen LogP contribution in [-0.2, 0) is 5.75 Å². The van der Waals surface area contributed by atoms with Crippen molar-refractivity contribution in [2.24, 2.45) is 0 Å². The van der Waals surface area contributed by atoms with Gasteiger partial charge >= 0.3 is 0 Å². The molecule has 2 rings (SSSR count). The van der Waals surface area contributed by atoms with Crippen LogP contribution in [0.25, 0.3) is 10.9 Å². The van der Waals surface area contributed by atoms with Crippen molar-refractivity contribution in [2.75, 3.05) is 0 Å². The van der Waals surface area contributed by atoms with Crippen LogP contribution in [0, 0.1) is 0 Å². The maximum atomic E-state index is 9.21. The highest BCUT2D eigenvalue weighted by atomic mass is 32.1. The van der Waals surface area contributed by atoms with Gasteiger partial charge in [0.1, 0.15) is 12.1 Å². The molecule has 13 heavy (non-hydrogen) atoms. The number of benzene rings is 1. The maximum absolute atomic E-state index is 9.21. The van der Waals surface area contributed by atoms with E-state index >= 15 is 0 Å². The van der Waals surface area contributed by atoms with Crippen LogP contribution in [0.3, 0.4) is 0 Å². The fraction of sp³-hybridized carbons (Fsp3) is 0.111. The molecule has 0 bridgehead atoms. The van der Waals surface area contributed by atoms with Crippen molar-refractivity contribution in [1.29, 1.82) is 0 Å². The number of phenols is 1. The van der Waals surface area contributed by atoms with Gasteiger partial charge in [0.2, 0.25) is 0 Å². The SMILES string of the molecule is Oc1ccc2c(CS)ncnc2c1. The Hall–Kier alpha value is -1.29. The van der Waals surface area contributed by atoms with E-state index in [0.29, 0.717) is 5.75 Å². The minimum atomic E-state index is 0.219. The molecule has 0 aliphatic carbocycles. The van der Waals surface area contributed by atoms with Crippen molar-refractivity contribution in [3.8, 4) is 5.75 Å². The van der Waals surface area contributed by atoms with Crippen LogP contribution in [0.5, 0.6) is 5.75 Å². The lowest BCUT2D eigenvalue weighted by molar-refractivity contribution is 0.476. The first-order chi connectivity index (χ1) is 6.31. The predicted octanol–water partition coefficient (Wildman–Crippen LogP) is 1.77. The van der Waals surface area contributed by atoms with Crippen molar-refractivity contribution >= 4 is 23.5 Å². The lowest BCUT2D eigenvalue weighted by atomic mass is 10.2. The van der Waals surface area contributed by atoms with Gasteiger partial charge in [-0.25, -0.2) is 9.97 Å². The standard InChI is InChI=1S/C9H8N2OS/c12-6-1-2-7-8(3-6)10-5-11-9(7)4-13/h1-3,5,12-13H,4H2. The Bertz CT molecular complexity index is 445. The average Bonchev–Trinajstić information content (AvgIpc) is 2.16. The van der Waals surface area contributed by atoms with Gasteiger partial charge in [-0.3, -0.25) is 0 Å². The van der Waals surface area contributed by atoms with Crippen LogP contribution in [0.4, 0.5) is 0 Å². The Balaban J connectivity index is 2.77. The van der Waals surface area contributed by atoms with Crippen molar-refractivity contribution in [1.82, 2.24) is 9.97 Å². The molecule has 0 aliphatic heterocycles. The first-order valence-corrected chi connectivity index (χ1v) is 4.48. The van der Waals surface area contributed by atoms with Gasteiger partial charge in [-0.05, 0) is 12.1 Å². The molecule has 66 valence electrons. The molecule has 0 saturated heterocycles. The highest BCUT2D eigenvalue weighted by molar-refractivity contribution is 7.79. The molecule has 0 amide bonds. The molecule has 0 unspecified atom stereocenters. The van der Waals surface area contributed by atoms with Crippen molar-refractivity contribution in [3.05, 3.63) is 30.2 Å². The van der Waals surface area contributed by atoms with Gasteiger partial charge in [0, 0.05) is 17.2 Å². The summed E-state index contributed by atoms with van der Waals surface area (Å²) in [4.78, 5) is 8.13. The number of thiol groups is 1. The Labute approximate surface area is 80.9 Å². The van der Waals surface area contributed by atoms with E-state index in [9.17, 15) is 5.11 Å². The van der Waals surface area contributed by atoms with Crippen LogP contribution < -0.4 is 0 Å². The summed E-state index contributed by atoms with van der Waals surface area (Å²) in [5, 5.41) is 10.2. The molecule has 0 aliphatic rings. The molecule has 1 N–H and O–H groups in total. The number of hydrogen-bond donors (Lipinski definition) is 2. The van der Waals surface area contributed by atoms with E-state index in [2.05, 4.69) is 22.6 Å². The first-order valence-electron chi connectivity index (χ1n) is 3.85. The smallest absolute Gasteiger partial charge is 0.117 e. The van der Waals surface area contributed by atoms with Crippen molar-refractivity contribution < 1.29 is 5.11 Å². The lowest BCUT2D eigenvalue weighted by Crippen LogP contribution is -1.89. The molecule has 2 aromatic rings. The third-order valence-electron chi connectivity index (χ3n) is 1.85. The van der Waals surface area contributed by atoms with E-state index in [4.69, 9.17) is 0 Å². The summed E-state index contributed by atoms with van der Waals surface area (Å²) in [6, 6.07) is 5.04. The molecule has 1 aromatic heterocycles. The van der Waals surface area contributed by atoms with Gasteiger partial charge in [-0.2, -0.15) is 12.6 Å². The molecule has 0 spiro atoms. The zero-order valence-electron chi connectivity index (χ0n) is 6.81. The summed E-state index contributed by atoms with van der Waals surface area (Å²) >= 11 is 4.16. The molecular weight excluding hydrogens is 184 g/mol. The second kappa shape index (κ2) is 3.22. The van der Waals surface area contributed by atoms with Gasteiger partial charge in [0.05, 0.1) is 11.2 Å². The number of nitrogens with zero attached hydrogens (tertiary/aromatic N) is 2. The monoisotopic (exact) mass is 192 g/mol. The number of phenolic OH excluding ortho intramolecular Hbond substituents is 1. The van der Waals surface area contributed by atoms with Crippen LogP contribution >= 0.6 is 12.6 Å². The summed E-state index contributed by atoms with van der Waals surface area (Å²) in [6.45, 7) is 0. The van der Waals surface area contributed by atoms with Crippen molar-refractivity contribution in [2.45, 2.75) is 5.75 Å². The van der Waals surface area contributed by atoms with Gasteiger partial charge in [0.15, 0.2) is 0 Å². The fourth-order valence-corrected chi connectivity index (χ4v) is 1.48. The maximum Gasteiger partial charge on any atom is 0.117 e. The van der Waals surface area contributed by atoms with E-state index < -0.39 is 0 Å². The Kier molecular flexibility index (Phi) is 2.06. The second-order valence-electron chi connectivity index (χ2n) is 2.68. The largest absolute Gasteiger partial charge is 0.508 e. The van der Waals surface area contributed by atoms with Gasteiger partial charge in [0.25, 0.3) is 0 Å². The molecule has 1 heterocycles. The van der Waals surface area contributed by atoms with Crippen LogP contribution in [0.1, 0.15) is 5.69 Å². The van der Waals surface area contributed by atoms with Gasteiger partial charge < -0.3 is 5.11 Å². The third-order valence-corrected chi connectivity index (χ3v) is 2.15. The normalized spacial score (nSPS) is 10.5. The van der Waals surface area contributed by atoms with Crippen LogP contribution in [0.2, 0.25) is 0 Å². The van der Waals surface area contributed by atoms with E-state index in [0.717, 1.165) is 16.6 Å². The minimum Gasteiger partial charge on any atom is -0.508 e. The minimum absolute atomic E-state index is 0.219. The number of rotatable bonds is 1. The van der Waals surface area contributed by atoms with Crippen LogP contribution in [-0.4, -0.2) is 15.1 Å². The third kappa shape index (κ3) is 1.45. The van der Waals surface area contributed by atoms with Gasteiger partial charge in [-0.1, -0.05) is 0 Å². The topological polar surface area (TPSA) is 46.0 Å². The highest BCUT2D eigenvalue weighted by Crippen LogP contribution is 2.20. The van der Waals surface area contributed by atoms with Crippen LogP contribution in [0.15, 0.2) is 24.5 Å².